The second-order valence-electron chi connectivity index (χ2n) is 2.91. The molecule has 1 aromatic carbocycles. The Morgan fingerprint density at radius 1 is 1.62 bits per heavy atom. The minimum Gasteiger partial charge on any atom is -0.496 e. The minimum atomic E-state index is -0.385. The molecule has 0 unspecified atom stereocenters. The molecule has 0 aromatic heterocycles. The third-order valence-electron chi connectivity index (χ3n) is 2.11. The van der Waals surface area contributed by atoms with E-state index in [4.69, 9.17) is 15.2 Å². The van der Waals surface area contributed by atoms with Gasteiger partial charge in [0, 0.05) is 0 Å². The number of fused-ring (bicyclic) bond motifs is 1. The van der Waals surface area contributed by atoms with Crippen molar-refractivity contribution >= 4 is 0 Å². The normalized spacial score (nSPS) is 19.5. The van der Waals surface area contributed by atoms with Crippen molar-refractivity contribution < 1.29 is 13.9 Å². The quantitative estimate of drug-likeness (QED) is 0.712. The largest absolute Gasteiger partial charge is 0.496 e. The molecule has 0 bridgehead atoms. The first kappa shape index (κ1) is 8.31. The van der Waals surface area contributed by atoms with Gasteiger partial charge in [-0.3, -0.25) is 0 Å². The van der Waals surface area contributed by atoms with Gasteiger partial charge in [-0.1, -0.05) is 0 Å². The highest BCUT2D eigenvalue weighted by Crippen LogP contribution is 2.39. The van der Waals surface area contributed by atoms with Crippen molar-refractivity contribution in [3.8, 4) is 11.5 Å². The number of methoxy groups -OCH3 is 1. The summed E-state index contributed by atoms with van der Waals surface area (Å²) < 4.78 is 23.3. The van der Waals surface area contributed by atoms with E-state index in [1.54, 1.807) is 6.07 Å². The first-order chi connectivity index (χ1) is 6.24. The van der Waals surface area contributed by atoms with Gasteiger partial charge in [0.1, 0.15) is 12.4 Å². The Hall–Kier alpha value is -1.29. The van der Waals surface area contributed by atoms with Gasteiger partial charge in [-0.2, -0.15) is 0 Å². The standard InChI is InChI=1S/C9H10FNO2/c1-12-7-3-2-5(10)9-8(7)6(11)4-13-9/h2-3,6H,4,11H2,1H3/t6-/m1/s1. The lowest BCUT2D eigenvalue weighted by Gasteiger charge is -2.07. The number of nitrogens with two attached hydrogens (primary N) is 1. The van der Waals surface area contributed by atoms with E-state index in [0.717, 1.165) is 0 Å². The SMILES string of the molecule is COc1ccc(F)c2c1[C@H](N)CO2. The van der Waals surface area contributed by atoms with Crippen LogP contribution in [0, 0.1) is 5.82 Å². The van der Waals surface area contributed by atoms with Crippen LogP contribution in [0.5, 0.6) is 11.5 Å². The van der Waals surface area contributed by atoms with Gasteiger partial charge in [0.2, 0.25) is 0 Å². The fourth-order valence-electron chi connectivity index (χ4n) is 1.49. The maximum Gasteiger partial charge on any atom is 0.165 e. The molecule has 1 aromatic rings. The lowest BCUT2D eigenvalue weighted by atomic mass is 10.1. The third kappa shape index (κ3) is 1.14. The van der Waals surface area contributed by atoms with Crippen molar-refractivity contribution in [3.63, 3.8) is 0 Å². The summed E-state index contributed by atoms with van der Waals surface area (Å²) in [6, 6.07) is 2.58. The molecule has 1 heterocycles. The van der Waals surface area contributed by atoms with Crippen LogP contribution in [0.25, 0.3) is 0 Å². The molecule has 0 spiro atoms. The van der Waals surface area contributed by atoms with Gasteiger partial charge in [0.05, 0.1) is 18.7 Å². The van der Waals surface area contributed by atoms with Crippen LogP contribution in [-0.2, 0) is 0 Å². The van der Waals surface area contributed by atoms with E-state index < -0.39 is 0 Å². The van der Waals surface area contributed by atoms with Crippen molar-refractivity contribution in [1.29, 1.82) is 0 Å². The summed E-state index contributed by atoms with van der Waals surface area (Å²) in [7, 11) is 1.53. The molecule has 1 atom stereocenters. The van der Waals surface area contributed by atoms with Crippen molar-refractivity contribution in [2.75, 3.05) is 13.7 Å². The predicted octanol–water partition coefficient (Wildman–Crippen LogP) is 1.23. The summed E-state index contributed by atoms with van der Waals surface area (Å²) >= 11 is 0. The average Bonchev–Trinajstić information content (AvgIpc) is 2.51. The van der Waals surface area contributed by atoms with Gasteiger partial charge < -0.3 is 15.2 Å². The Morgan fingerprint density at radius 3 is 3.08 bits per heavy atom. The number of benzene rings is 1. The van der Waals surface area contributed by atoms with Crippen LogP contribution in [0.4, 0.5) is 4.39 Å². The molecular weight excluding hydrogens is 173 g/mol. The fraction of sp³-hybridized carbons (Fsp3) is 0.333. The molecule has 0 fully saturated rings. The van der Waals surface area contributed by atoms with Crippen LogP contribution >= 0.6 is 0 Å². The maximum absolute atomic E-state index is 13.1. The second-order valence-corrected chi connectivity index (χ2v) is 2.91. The zero-order valence-corrected chi connectivity index (χ0v) is 7.21. The van der Waals surface area contributed by atoms with Crippen molar-refractivity contribution in [2.45, 2.75) is 6.04 Å². The van der Waals surface area contributed by atoms with Gasteiger partial charge >= 0.3 is 0 Å². The molecule has 0 radical (unpaired) electrons. The molecule has 0 saturated carbocycles. The van der Waals surface area contributed by atoms with Crippen molar-refractivity contribution in [2.24, 2.45) is 5.73 Å². The van der Waals surface area contributed by atoms with Crippen LogP contribution in [0.3, 0.4) is 0 Å². The maximum atomic E-state index is 13.1. The van der Waals surface area contributed by atoms with Crippen LogP contribution in [0.1, 0.15) is 11.6 Å². The highest BCUT2D eigenvalue weighted by molar-refractivity contribution is 5.50. The fourth-order valence-corrected chi connectivity index (χ4v) is 1.49. The number of halogens is 1. The molecular formula is C9H10FNO2. The molecule has 2 rings (SSSR count). The highest BCUT2D eigenvalue weighted by Gasteiger charge is 2.27. The van der Waals surface area contributed by atoms with Crippen LogP contribution in [-0.4, -0.2) is 13.7 Å². The Bertz CT molecular complexity index is 341. The Kier molecular flexibility index (Phi) is 1.84. The smallest absolute Gasteiger partial charge is 0.165 e. The molecule has 13 heavy (non-hydrogen) atoms. The van der Waals surface area contributed by atoms with Gasteiger partial charge in [-0.15, -0.1) is 0 Å². The molecule has 3 nitrogen and oxygen atoms in total. The number of rotatable bonds is 1. The monoisotopic (exact) mass is 183 g/mol. The average molecular weight is 183 g/mol. The van der Waals surface area contributed by atoms with Gasteiger partial charge in [0.15, 0.2) is 11.6 Å². The van der Waals surface area contributed by atoms with Gasteiger partial charge in [0.25, 0.3) is 0 Å². The van der Waals surface area contributed by atoms with E-state index in [-0.39, 0.29) is 17.6 Å². The van der Waals surface area contributed by atoms with E-state index in [1.165, 1.54) is 13.2 Å². The first-order valence-electron chi connectivity index (χ1n) is 3.99. The molecule has 0 aliphatic carbocycles. The predicted molar refractivity (Wildman–Crippen MR) is 45.4 cm³/mol. The number of ether oxygens (including phenoxy) is 2. The van der Waals surface area contributed by atoms with Crippen LogP contribution in [0.15, 0.2) is 12.1 Å². The summed E-state index contributed by atoms with van der Waals surface area (Å²) in [5.74, 6) is 0.428. The first-order valence-corrected chi connectivity index (χ1v) is 3.99. The second kappa shape index (κ2) is 2.88. The molecule has 2 N–H and O–H groups in total. The van der Waals surface area contributed by atoms with Crippen LogP contribution in [0.2, 0.25) is 0 Å². The van der Waals surface area contributed by atoms with Gasteiger partial charge in [-0.25, -0.2) is 4.39 Å². The van der Waals surface area contributed by atoms with E-state index in [2.05, 4.69) is 0 Å². The summed E-state index contributed by atoms with van der Waals surface area (Å²) in [6.07, 6.45) is 0. The summed E-state index contributed by atoms with van der Waals surface area (Å²) in [5.41, 5.74) is 6.35. The molecule has 1 aliphatic rings. The topological polar surface area (TPSA) is 44.5 Å². The summed E-state index contributed by atoms with van der Waals surface area (Å²) in [6.45, 7) is 0.312. The zero-order valence-electron chi connectivity index (χ0n) is 7.21. The summed E-state index contributed by atoms with van der Waals surface area (Å²) in [5, 5.41) is 0. The number of hydrogen-bond acceptors (Lipinski definition) is 3. The summed E-state index contributed by atoms with van der Waals surface area (Å²) in [4.78, 5) is 0. The van der Waals surface area contributed by atoms with E-state index in [9.17, 15) is 4.39 Å². The van der Waals surface area contributed by atoms with Crippen LogP contribution < -0.4 is 15.2 Å². The van der Waals surface area contributed by atoms with Gasteiger partial charge in [-0.05, 0) is 12.1 Å². The van der Waals surface area contributed by atoms with E-state index in [0.29, 0.717) is 17.9 Å². The molecule has 0 saturated heterocycles. The Morgan fingerprint density at radius 2 is 2.38 bits per heavy atom. The Labute approximate surface area is 75.3 Å². The highest BCUT2D eigenvalue weighted by atomic mass is 19.1. The zero-order chi connectivity index (χ0) is 9.42. The third-order valence-corrected chi connectivity index (χ3v) is 2.11. The van der Waals surface area contributed by atoms with E-state index in [1.807, 2.05) is 0 Å². The minimum absolute atomic E-state index is 0.229. The Balaban J connectivity index is 2.60. The molecule has 4 heteroatoms. The van der Waals surface area contributed by atoms with E-state index >= 15 is 0 Å². The molecule has 0 amide bonds. The lowest BCUT2D eigenvalue weighted by molar-refractivity contribution is 0.319. The molecule has 70 valence electrons. The van der Waals surface area contributed by atoms with Crippen molar-refractivity contribution in [1.82, 2.24) is 0 Å². The molecule has 1 aliphatic heterocycles. The lowest BCUT2D eigenvalue weighted by Crippen LogP contribution is -2.11. The number of hydrogen-bond donors (Lipinski definition) is 1. The van der Waals surface area contributed by atoms with Crippen molar-refractivity contribution in [3.05, 3.63) is 23.5 Å².